The zero-order valence-electron chi connectivity index (χ0n) is 9.30. The smallest absolute Gasteiger partial charge is 0.133 e. The van der Waals surface area contributed by atoms with Crippen molar-refractivity contribution in [2.24, 2.45) is 0 Å². The Morgan fingerprint density at radius 1 is 1.12 bits per heavy atom. The third-order valence-corrected chi connectivity index (χ3v) is 2.46. The van der Waals surface area contributed by atoms with E-state index in [-0.39, 0.29) is 12.4 Å². The number of nitrogens with one attached hydrogen (secondary N) is 1. The molecule has 0 unspecified atom stereocenters. The summed E-state index contributed by atoms with van der Waals surface area (Å²) in [6.45, 7) is 0.559. The van der Waals surface area contributed by atoms with Crippen molar-refractivity contribution in [1.29, 1.82) is 0 Å². The van der Waals surface area contributed by atoms with Crippen LogP contribution in [-0.4, -0.2) is 15.2 Å². The number of hydrogen-bond donors (Lipinski definition) is 3. The monoisotopic (exact) mass is 230 g/mol. The number of aromatic hydroxyl groups is 1. The van der Waals surface area contributed by atoms with Gasteiger partial charge in [0.05, 0.1) is 25.0 Å². The second-order valence-corrected chi connectivity index (χ2v) is 3.68. The van der Waals surface area contributed by atoms with Gasteiger partial charge in [-0.3, -0.25) is 4.98 Å². The van der Waals surface area contributed by atoms with Crippen molar-refractivity contribution in [3.63, 3.8) is 0 Å². The summed E-state index contributed by atoms with van der Waals surface area (Å²) in [4.78, 5) is 4.07. The van der Waals surface area contributed by atoms with Crippen molar-refractivity contribution >= 4 is 5.69 Å². The lowest BCUT2D eigenvalue weighted by Crippen LogP contribution is -2.03. The molecule has 0 amide bonds. The molecule has 0 bridgehead atoms. The van der Waals surface area contributed by atoms with E-state index < -0.39 is 0 Å². The third kappa shape index (κ3) is 2.95. The van der Waals surface area contributed by atoms with E-state index in [1.165, 1.54) is 6.20 Å². The van der Waals surface area contributed by atoms with Crippen LogP contribution in [0.15, 0.2) is 42.6 Å². The number of rotatable bonds is 4. The molecule has 0 fully saturated rings. The molecule has 0 aliphatic carbocycles. The second kappa shape index (κ2) is 5.32. The van der Waals surface area contributed by atoms with Gasteiger partial charge in [0.1, 0.15) is 5.75 Å². The molecular weight excluding hydrogens is 216 g/mol. The first-order valence-electron chi connectivity index (χ1n) is 5.36. The van der Waals surface area contributed by atoms with E-state index in [9.17, 15) is 0 Å². The lowest BCUT2D eigenvalue weighted by Gasteiger charge is -2.09. The maximum atomic E-state index is 9.16. The molecule has 0 saturated heterocycles. The van der Waals surface area contributed by atoms with Gasteiger partial charge < -0.3 is 15.5 Å². The minimum absolute atomic E-state index is 0.00613. The third-order valence-electron chi connectivity index (χ3n) is 2.46. The van der Waals surface area contributed by atoms with Crippen LogP contribution in [0.3, 0.4) is 0 Å². The predicted molar refractivity (Wildman–Crippen MR) is 65.6 cm³/mol. The first-order chi connectivity index (χ1) is 8.29. The molecule has 0 atom stereocenters. The van der Waals surface area contributed by atoms with E-state index in [0.717, 1.165) is 16.9 Å². The van der Waals surface area contributed by atoms with Crippen LogP contribution < -0.4 is 5.32 Å². The Labute approximate surface area is 99.6 Å². The summed E-state index contributed by atoms with van der Waals surface area (Å²) in [5.74, 6) is 0.157. The maximum absolute atomic E-state index is 9.16. The van der Waals surface area contributed by atoms with Gasteiger partial charge in [-0.1, -0.05) is 18.2 Å². The van der Waals surface area contributed by atoms with Crippen molar-refractivity contribution in [1.82, 2.24) is 4.98 Å². The minimum Gasteiger partial charge on any atom is -0.506 e. The number of anilines is 1. The minimum atomic E-state index is 0.00613. The molecule has 2 aromatic rings. The zero-order valence-corrected chi connectivity index (χ0v) is 9.30. The Balaban J connectivity index is 2.04. The standard InChI is InChI=1S/C13H14N2O2/c16-9-10-3-1-2-4-13(10)15-7-11-5-6-12(17)8-14-11/h1-6,8,15-17H,7,9H2. The number of aliphatic hydroxyl groups is 1. The summed E-state index contributed by atoms with van der Waals surface area (Å²) >= 11 is 0. The fourth-order valence-corrected chi connectivity index (χ4v) is 1.54. The van der Waals surface area contributed by atoms with E-state index in [0.29, 0.717) is 6.54 Å². The van der Waals surface area contributed by atoms with E-state index >= 15 is 0 Å². The van der Waals surface area contributed by atoms with Crippen LogP contribution in [0.25, 0.3) is 0 Å². The summed E-state index contributed by atoms with van der Waals surface area (Å²) < 4.78 is 0. The van der Waals surface area contributed by atoms with E-state index in [1.54, 1.807) is 12.1 Å². The van der Waals surface area contributed by atoms with Crippen LogP contribution in [0.2, 0.25) is 0 Å². The topological polar surface area (TPSA) is 65.4 Å². The summed E-state index contributed by atoms with van der Waals surface area (Å²) in [6, 6.07) is 10.9. The van der Waals surface area contributed by atoms with Gasteiger partial charge in [0.15, 0.2) is 0 Å². The summed E-state index contributed by atoms with van der Waals surface area (Å²) in [6.07, 6.45) is 1.41. The molecule has 17 heavy (non-hydrogen) atoms. The van der Waals surface area contributed by atoms with Crippen LogP contribution in [0.4, 0.5) is 5.69 Å². The molecule has 1 aromatic carbocycles. The average molecular weight is 230 g/mol. The van der Waals surface area contributed by atoms with Crippen molar-refractivity contribution in [2.75, 3.05) is 5.32 Å². The number of nitrogens with zero attached hydrogens (tertiary/aromatic N) is 1. The van der Waals surface area contributed by atoms with Gasteiger partial charge in [0, 0.05) is 11.3 Å². The van der Waals surface area contributed by atoms with Gasteiger partial charge in [-0.25, -0.2) is 0 Å². The highest BCUT2D eigenvalue weighted by molar-refractivity contribution is 5.50. The van der Waals surface area contributed by atoms with Crippen LogP contribution in [-0.2, 0) is 13.2 Å². The van der Waals surface area contributed by atoms with Gasteiger partial charge >= 0.3 is 0 Å². The van der Waals surface area contributed by atoms with Crippen molar-refractivity contribution in [3.8, 4) is 5.75 Å². The average Bonchev–Trinajstić information content (AvgIpc) is 2.38. The molecular formula is C13H14N2O2. The van der Waals surface area contributed by atoms with Gasteiger partial charge in [-0.15, -0.1) is 0 Å². The van der Waals surface area contributed by atoms with Crippen LogP contribution in [0, 0.1) is 0 Å². The SMILES string of the molecule is OCc1ccccc1NCc1ccc(O)cn1. The summed E-state index contributed by atoms with van der Waals surface area (Å²) in [5, 5.41) is 21.5. The van der Waals surface area contributed by atoms with E-state index in [1.807, 2.05) is 24.3 Å². The zero-order chi connectivity index (χ0) is 12.1. The molecule has 1 heterocycles. The molecule has 4 nitrogen and oxygen atoms in total. The highest BCUT2D eigenvalue weighted by Gasteiger charge is 2.00. The lowest BCUT2D eigenvalue weighted by atomic mass is 10.2. The molecule has 0 saturated carbocycles. The Kier molecular flexibility index (Phi) is 3.57. The first-order valence-corrected chi connectivity index (χ1v) is 5.36. The van der Waals surface area contributed by atoms with Gasteiger partial charge in [-0.2, -0.15) is 0 Å². The van der Waals surface area contributed by atoms with Crippen LogP contribution in [0.5, 0.6) is 5.75 Å². The molecule has 1 aromatic heterocycles. The van der Waals surface area contributed by atoms with Crippen molar-refractivity contribution in [3.05, 3.63) is 53.9 Å². The molecule has 0 radical (unpaired) electrons. The molecule has 0 aliphatic rings. The van der Waals surface area contributed by atoms with Crippen LogP contribution in [0.1, 0.15) is 11.3 Å². The van der Waals surface area contributed by atoms with Gasteiger partial charge in [0.2, 0.25) is 0 Å². The largest absolute Gasteiger partial charge is 0.506 e. The normalized spacial score (nSPS) is 10.2. The lowest BCUT2D eigenvalue weighted by molar-refractivity contribution is 0.282. The highest BCUT2D eigenvalue weighted by atomic mass is 16.3. The highest BCUT2D eigenvalue weighted by Crippen LogP contribution is 2.16. The number of pyridine rings is 1. The molecule has 0 spiro atoms. The van der Waals surface area contributed by atoms with Crippen molar-refractivity contribution in [2.45, 2.75) is 13.2 Å². The molecule has 3 N–H and O–H groups in total. The quantitative estimate of drug-likeness (QED) is 0.750. The Bertz CT molecular complexity index is 483. The summed E-state index contributed by atoms with van der Waals surface area (Å²) in [5.41, 5.74) is 2.58. The molecule has 88 valence electrons. The number of aliphatic hydroxyl groups excluding tert-OH is 1. The number of para-hydroxylation sites is 1. The fraction of sp³-hybridized carbons (Fsp3) is 0.154. The van der Waals surface area contributed by atoms with Gasteiger partial charge in [0.25, 0.3) is 0 Å². The van der Waals surface area contributed by atoms with E-state index in [4.69, 9.17) is 10.2 Å². The predicted octanol–water partition coefficient (Wildman–Crippen LogP) is 1.89. The summed E-state index contributed by atoms with van der Waals surface area (Å²) in [7, 11) is 0. The van der Waals surface area contributed by atoms with Gasteiger partial charge in [-0.05, 0) is 18.2 Å². The van der Waals surface area contributed by atoms with Crippen molar-refractivity contribution < 1.29 is 10.2 Å². The number of aromatic nitrogens is 1. The molecule has 2 rings (SSSR count). The first kappa shape index (κ1) is 11.4. The Hall–Kier alpha value is -2.07. The molecule has 4 heteroatoms. The second-order valence-electron chi connectivity index (χ2n) is 3.68. The maximum Gasteiger partial charge on any atom is 0.133 e. The van der Waals surface area contributed by atoms with E-state index in [2.05, 4.69) is 10.3 Å². The van der Waals surface area contributed by atoms with Crippen LogP contribution >= 0.6 is 0 Å². The molecule has 0 aliphatic heterocycles. The Morgan fingerprint density at radius 2 is 1.94 bits per heavy atom. The number of hydrogen-bond acceptors (Lipinski definition) is 4. The number of benzene rings is 1. The fourth-order valence-electron chi connectivity index (χ4n) is 1.54. The Morgan fingerprint density at radius 3 is 2.65 bits per heavy atom.